The molecule has 0 spiro atoms. The van der Waals surface area contributed by atoms with Gasteiger partial charge in [-0.1, -0.05) is 163 Å². The van der Waals surface area contributed by atoms with Crippen LogP contribution in [0.1, 0.15) is 100 Å². The molecule has 1 aliphatic heterocycles. The molecule has 16 N–H and O–H groups in total. The highest BCUT2D eigenvalue weighted by atomic mass is 32.2. The maximum Gasteiger partial charge on any atom is 0.246 e. The molecule has 2 aromatic heterocycles. The molecule has 1 fully saturated rings. The van der Waals surface area contributed by atoms with Gasteiger partial charge in [0.25, 0.3) is 0 Å². The first kappa shape index (κ1) is 101. The maximum absolute atomic E-state index is 15.5. The number of nitrogens with one attached hydrogen (secondary N) is 10. The molecule has 1 unspecified atom stereocenters. The monoisotopic (exact) mass is 1790 g/mol. The van der Waals surface area contributed by atoms with Crippen molar-refractivity contribution in [1.82, 2.24) is 82.3 Å². The zero-order valence-electron chi connectivity index (χ0n) is 74.1. The Morgan fingerprint density at radius 1 is 0.465 bits per heavy atom. The van der Waals surface area contributed by atoms with Crippen LogP contribution in [-0.2, 0) is 115 Å². The third kappa shape index (κ3) is 30.5. The molecule has 0 aliphatic carbocycles. The van der Waals surface area contributed by atoms with Gasteiger partial charge >= 0.3 is 0 Å². The van der Waals surface area contributed by atoms with E-state index in [4.69, 9.17) is 11.5 Å². The van der Waals surface area contributed by atoms with E-state index in [9.17, 15) is 48.6 Å². The number of nitrogens with zero attached hydrogens (tertiary/aromatic N) is 6. The molecule has 0 saturated carbocycles. The van der Waals surface area contributed by atoms with Crippen molar-refractivity contribution in [2.75, 3.05) is 66.4 Å². The fraction of sp³-hybridized carbons (Fsp3) is 0.424. The van der Waals surface area contributed by atoms with E-state index in [0.29, 0.717) is 57.3 Å². The standard InChI is InChI=1S/C92H118N18O18S/c1-11-12-30-72-90(126)107(7)51-78(116)99-68(47-75(93)113)86(122)105-80(55(4)5)92(128)109(9)73(44-57-25-18-14-19-26-57)87(123)103-69(43-60-33-37-63(112)38-34-60)88(124)106(6)50-77(115)98-67(46-61-48-96-81-64(61)29-22-39-95-81)85(121)102-66(41-59-31-35-62(111)36-32-59)84(120)101-65(40-54(2)3)83(119)104-71(82(118)97-49-76(94)114)52-129-53-79(117)100-70(42-56-23-16-13-17-24-56)89(125)110(10)74(91(127)108(72)8)45-58-27-20-15-21-28-58/h13-29,31-39,48,54-55,65-74,80,111-112H,11-12,30,40-47,49-53H2,1-10H3,(H2,93,113)(H2,94,114)(H,95,96)(H,97,118)(H,98,115)(H,99,116)(H,100,117)(H,101,120)(H,102,121)(H,103,123)(H,104,119)(H,105,122)/t65-,66-,67-,68?,69-,70-,71-,72-,73-,74-,80-/m0/s1. The molecule has 37 heteroatoms. The lowest BCUT2D eigenvalue weighted by Gasteiger charge is -2.37. The van der Waals surface area contributed by atoms with Crippen molar-refractivity contribution in [2.45, 2.75) is 172 Å². The lowest BCUT2D eigenvalue weighted by Crippen LogP contribution is -2.61. The fourth-order valence-corrected chi connectivity index (χ4v) is 15.7. The van der Waals surface area contributed by atoms with E-state index in [1.807, 2.05) is 6.92 Å². The van der Waals surface area contributed by atoms with E-state index in [0.717, 1.165) is 26.5 Å². The van der Waals surface area contributed by atoms with Gasteiger partial charge in [-0.25, -0.2) is 4.98 Å². The molecular weight excluding hydrogens is 1680 g/mol. The van der Waals surface area contributed by atoms with Crippen LogP contribution < -0.4 is 59.3 Å². The van der Waals surface area contributed by atoms with Crippen LogP contribution in [0.5, 0.6) is 11.5 Å². The number of unbranched alkanes of at least 4 members (excludes halogenated alkanes) is 1. The molecule has 16 amide bonds. The van der Waals surface area contributed by atoms with E-state index in [1.54, 1.807) is 137 Å². The van der Waals surface area contributed by atoms with Crippen molar-refractivity contribution in [3.05, 3.63) is 197 Å². The zero-order valence-corrected chi connectivity index (χ0v) is 74.9. The Morgan fingerprint density at radius 2 is 0.922 bits per heavy atom. The van der Waals surface area contributed by atoms with E-state index >= 15 is 38.4 Å². The van der Waals surface area contributed by atoms with Crippen LogP contribution >= 0.6 is 11.8 Å². The van der Waals surface area contributed by atoms with Crippen LogP contribution in [0.3, 0.4) is 0 Å². The van der Waals surface area contributed by atoms with Gasteiger partial charge in [-0.05, 0) is 94.5 Å². The first-order valence-electron chi connectivity index (χ1n) is 42.6. The second kappa shape index (κ2) is 48.8. The summed E-state index contributed by atoms with van der Waals surface area (Å²) in [6, 6.07) is 23.8. The number of thioether (sulfide) groups is 1. The Balaban J connectivity index is 1.21. The third-order valence-electron chi connectivity index (χ3n) is 22.0. The number of fused-ring (bicyclic) bond motifs is 1. The quantitative estimate of drug-likeness (QED) is 0.0427. The Hall–Kier alpha value is -13.7. The molecule has 0 radical (unpaired) electrons. The van der Waals surface area contributed by atoms with E-state index < -0.39 is 199 Å². The summed E-state index contributed by atoms with van der Waals surface area (Å²) in [4.78, 5) is 248. The molecule has 8 rings (SSSR count). The number of amides is 16. The van der Waals surface area contributed by atoms with E-state index in [1.165, 1.54) is 99.8 Å². The Morgan fingerprint density at radius 3 is 1.46 bits per heavy atom. The number of primary amides is 2. The molecule has 129 heavy (non-hydrogen) atoms. The average Bonchev–Trinajstić information content (AvgIpc) is 1.50. The second-order valence-corrected chi connectivity index (χ2v) is 34.0. The van der Waals surface area contributed by atoms with Crippen LogP contribution in [0.15, 0.2) is 164 Å². The molecule has 36 nitrogen and oxygen atoms in total. The highest BCUT2D eigenvalue weighted by molar-refractivity contribution is 8.00. The number of hydrogen-bond donors (Lipinski definition) is 14. The number of carbonyl (C=O) groups is 16. The van der Waals surface area contributed by atoms with Gasteiger partial charge < -0.3 is 99.0 Å². The summed E-state index contributed by atoms with van der Waals surface area (Å²) in [6.45, 7) is 6.26. The summed E-state index contributed by atoms with van der Waals surface area (Å²) in [5.74, 6) is -16.7. The predicted molar refractivity (Wildman–Crippen MR) is 481 cm³/mol. The smallest absolute Gasteiger partial charge is 0.246 e. The van der Waals surface area contributed by atoms with Crippen LogP contribution in [0.25, 0.3) is 11.0 Å². The molecule has 1 aliphatic rings. The summed E-state index contributed by atoms with van der Waals surface area (Å²) in [6.07, 6.45) is 1.81. The Kier molecular flexibility index (Phi) is 38.1. The minimum atomic E-state index is -1.78. The zero-order chi connectivity index (χ0) is 94.3. The molecule has 11 atom stereocenters. The minimum Gasteiger partial charge on any atom is -0.508 e. The van der Waals surface area contributed by atoms with Crippen LogP contribution in [0.4, 0.5) is 0 Å². The number of phenols is 2. The van der Waals surface area contributed by atoms with Crippen molar-refractivity contribution in [3.8, 4) is 11.5 Å². The third-order valence-corrected chi connectivity index (χ3v) is 23.0. The van der Waals surface area contributed by atoms with Crippen LogP contribution in [0.2, 0.25) is 0 Å². The summed E-state index contributed by atoms with van der Waals surface area (Å²) in [7, 11) is 6.60. The summed E-state index contributed by atoms with van der Waals surface area (Å²) >= 11 is 0.831. The summed E-state index contributed by atoms with van der Waals surface area (Å²) in [5.41, 5.74) is 14.6. The molecule has 1 saturated heterocycles. The lowest BCUT2D eigenvalue weighted by molar-refractivity contribution is -0.151. The number of H-pyrrole nitrogens is 1. The first-order chi connectivity index (χ1) is 61.4. The SMILES string of the molecule is CCCC[C@H]1C(=O)N(C)CC(=O)NC(CC(N)=O)C(=O)N[C@@H](C(C)C)C(=O)N(C)[C@@H](Cc2ccccc2)C(=O)N[C@@H](Cc2ccc(O)cc2)C(=O)N(C)CC(=O)N[C@@H](Cc2c[nH]c3ncccc23)C(=O)N[C@@H](Cc2ccc(O)cc2)C(=O)N[C@@H](CC(C)C)C(=O)N[C@H](C(=O)NCC(N)=O)CSCC(=O)N[C@@H](Cc2ccccc2)C(=O)N(C)[C@@H](Cc2ccccc2)C(=O)N1C. The highest BCUT2D eigenvalue weighted by Gasteiger charge is 2.42. The van der Waals surface area contributed by atoms with Gasteiger partial charge in [-0.3, -0.25) is 76.7 Å². The van der Waals surface area contributed by atoms with Crippen molar-refractivity contribution in [2.24, 2.45) is 23.3 Å². The number of benzene rings is 5. The fourth-order valence-electron chi connectivity index (χ4n) is 14.9. The molecule has 7 aromatic rings. The molecule has 3 heterocycles. The first-order valence-corrected chi connectivity index (χ1v) is 43.7. The number of aromatic hydroxyl groups is 2. The summed E-state index contributed by atoms with van der Waals surface area (Å²) in [5, 5.41) is 45.3. The number of likely N-dealkylation sites (N-methyl/N-ethyl adjacent to an activating group) is 5. The lowest BCUT2D eigenvalue weighted by atomic mass is 9.98. The van der Waals surface area contributed by atoms with E-state index in [-0.39, 0.29) is 74.5 Å². The predicted octanol–water partition coefficient (Wildman–Crippen LogP) is 1.12. The molecule has 0 bridgehead atoms. The van der Waals surface area contributed by atoms with Gasteiger partial charge in [-0.2, -0.15) is 0 Å². The van der Waals surface area contributed by atoms with Crippen molar-refractivity contribution in [1.29, 1.82) is 0 Å². The van der Waals surface area contributed by atoms with Gasteiger partial charge in [0.1, 0.15) is 83.6 Å². The highest BCUT2D eigenvalue weighted by Crippen LogP contribution is 2.24. The Labute approximate surface area is 753 Å². The van der Waals surface area contributed by atoms with Crippen LogP contribution in [0, 0.1) is 11.8 Å². The minimum absolute atomic E-state index is 0.0452. The van der Waals surface area contributed by atoms with Crippen LogP contribution in [-0.4, -0.2) is 272 Å². The normalized spacial score (nSPS) is 21.9. The molecule has 5 aromatic carbocycles. The number of hydrogen-bond acceptors (Lipinski definition) is 20. The van der Waals surface area contributed by atoms with Gasteiger partial charge in [-0.15, -0.1) is 11.8 Å². The largest absolute Gasteiger partial charge is 0.508 e. The Bertz CT molecular complexity index is 5070. The van der Waals surface area contributed by atoms with Crippen molar-refractivity contribution < 1.29 is 86.9 Å². The van der Waals surface area contributed by atoms with Gasteiger partial charge in [0, 0.05) is 97.3 Å². The van der Waals surface area contributed by atoms with Gasteiger partial charge in [0.05, 0.1) is 31.8 Å². The topological polar surface area (TPSA) is 519 Å². The summed E-state index contributed by atoms with van der Waals surface area (Å²) < 4.78 is 0. The number of phenolic OH excluding ortho intramolecular Hbond substituents is 2. The number of aromatic amines is 1. The number of pyridine rings is 1. The van der Waals surface area contributed by atoms with Crippen molar-refractivity contribution in [3.63, 3.8) is 0 Å². The average molecular weight is 1800 g/mol. The second-order valence-electron chi connectivity index (χ2n) is 33.0. The molecular formula is C92H118N18O18S. The van der Waals surface area contributed by atoms with Gasteiger partial charge in [0.2, 0.25) is 94.5 Å². The number of rotatable bonds is 23. The maximum atomic E-state index is 15.5. The number of carbonyl (C=O) groups excluding carboxylic acids is 16. The molecule has 690 valence electrons. The van der Waals surface area contributed by atoms with Gasteiger partial charge in [0.15, 0.2) is 0 Å². The van der Waals surface area contributed by atoms with E-state index in [2.05, 4.69) is 57.8 Å². The number of aromatic nitrogens is 2. The number of nitrogens with two attached hydrogens (primary N) is 2. The van der Waals surface area contributed by atoms with Crippen molar-refractivity contribution >= 4 is 117 Å².